The van der Waals surface area contributed by atoms with Crippen molar-refractivity contribution < 1.29 is 30.8 Å². The minimum Gasteiger partial charge on any atom is -1.00 e. The topological polar surface area (TPSA) is 35.2 Å². The first-order chi connectivity index (χ1) is 17.6. The van der Waals surface area contributed by atoms with Gasteiger partial charge in [-0.1, -0.05) is 18.2 Å². The lowest BCUT2D eigenvalue weighted by atomic mass is 9.98. The van der Waals surface area contributed by atoms with Gasteiger partial charge in [-0.2, -0.15) is 0 Å². The zero-order chi connectivity index (χ0) is 24.9. The third-order valence-electron chi connectivity index (χ3n) is 6.13. The predicted octanol–water partition coefficient (Wildman–Crippen LogP) is 3.58. The second-order valence-corrected chi connectivity index (χ2v) is 8.44. The highest BCUT2D eigenvalue weighted by Gasteiger charge is 2.13. The van der Waals surface area contributed by atoms with Crippen molar-refractivity contribution in [2.45, 2.75) is 6.54 Å². The number of rotatable bonds is 7. The molecule has 0 amide bonds. The Morgan fingerprint density at radius 2 is 1.22 bits per heavy atom. The van der Waals surface area contributed by atoms with E-state index >= 15 is 0 Å². The molecular formula is C31H26ClFN2O2. The van der Waals surface area contributed by atoms with E-state index in [1.54, 1.807) is 26.4 Å². The molecule has 0 saturated carbocycles. The van der Waals surface area contributed by atoms with Crippen molar-refractivity contribution in [3.8, 4) is 45.1 Å². The largest absolute Gasteiger partial charge is 1.00 e. The molecule has 0 fully saturated rings. The third kappa shape index (κ3) is 5.96. The van der Waals surface area contributed by atoms with Gasteiger partial charge in [0.2, 0.25) is 0 Å². The summed E-state index contributed by atoms with van der Waals surface area (Å²) < 4.78 is 25.9. The number of halogens is 2. The first-order valence-electron chi connectivity index (χ1n) is 11.7. The Hall–Kier alpha value is -4.22. The van der Waals surface area contributed by atoms with Crippen molar-refractivity contribution in [1.29, 1.82) is 0 Å². The summed E-state index contributed by atoms with van der Waals surface area (Å²) in [5.74, 6) is 1.39. The number of hydrogen-bond donors (Lipinski definition) is 0. The van der Waals surface area contributed by atoms with Gasteiger partial charge in [0.1, 0.15) is 17.3 Å². The van der Waals surface area contributed by atoms with Crippen LogP contribution in [0.4, 0.5) is 4.39 Å². The number of methoxy groups -OCH3 is 2. The lowest BCUT2D eigenvalue weighted by Gasteiger charge is -2.13. The Balaban J connectivity index is 0.00000320. The van der Waals surface area contributed by atoms with Crippen LogP contribution in [0.25, 0.3) is 33.6 Å². The molecule has 0 aliphatic rings. The standard InChI is InChI=1S/C31H26FN2O2.ClH/c1-35-27-11-5-23(6-12-27)29-15-16-30(33-31(29)25-7-13-28(36-2)14-8-25)24-17-19-34(20-18-24)21-22-3-9-26(32)10-4-22;/h3-20H,21H2,1-2H3;1H/q+1;/p-1. The molecule has 186 valence electrons. The maximum atomic E-state index is 13.2. The number of benzene rings is 3. The molecule has 0 aliphatic heterocycles. The van der Waals surface area contributed by atoms with Crippen LogP contribution in [0, 0.1) is 5.82 Å². The Morgan fingerprint density at radius 1 is 0.649 bits per heavy atom. The number of nitrogens with zero attached hydrogens (tertiary/aromatic N) is 2. The molecule has 0 saturated heterocycles. The molecule has 5 aromatic rings. The summed E-state index contributed by atoms with van der Waals surface area (Å²) in [7, 11) is 3.33. The molecule has 37 heavy (non-hydrogen) atoms. The van der Waals surface area contributed by atoms with Crippen LogP contribution in [0.5, 0.6) is 11.5 Å². The highest BCUT2D eigenvalue weighted by Crippen LogP contribution is 2.34. The van der Waals surface area contributed by atoms with E-state index in [9.17, 15) is 4.39 Å². The van der Waals surface area contributed by atoms with Crippen LogP contribution in [-0.2, 0) is 6.54 Å². The third-order valence-corrected chi connectivity index (χ3v) is 6.13. The number of hydrogen-bond acceptors (Lipinski definition) is 3. The average Bonchev–Trinajstić information content (AvgIpc) is 2.94. The van der Waals surface area contributed by atoms with E-state index in [-0.39, 0.29) is 18.2 Å². The van der Waals surface area contributed by atoms with Crippen LogP contribution >= 0.6 is 0 Å². The van der Waals surface area contributed by atoms with Gasteiger partial charge in [0.25, 0.3) is 0 Å². The van der Waals surface area contributed by atoms with Gasteiger partial charge in [-0.3, -0.25) is 0 Å². The fourth-order valence-electron chi connectivity index (χ4n) is 4.13. The molecule has 5 rings (SSSR count). The first kappa shape index (κ1) is 25.9. The quantitative estimate of drug-likeness (QED) is 0.313. The van der Waals surface area contributed by atoms with E-state index < -0.39 is 0 Å². The molecule has 0 aliphatic carbocycles. The van der Waals surface area contributed by atoms with Crippen LogP contribution < -0.4 is 26.4 Å². The van der Waals surface area contributed by atoms with Crippen LogP contribution in [0.3, 0.4) is 0 Å². The Kier molecular flexibility index (Phi) is 8.16. The zero-order valence-corrected chi connectivity index (χ0v) is 21.3. The fraction of sp³-hybridized carbons (Fsp3) is 0.0968. The highest BCUT2D eigenvalue weighted by molar-refractivity contribution is 5.83. The smallest absolute Gasteiger partial charge is 0.173 e. The number of pyridine rings is 2. The van der Waals surface area contributed by atoms with E-state index in [1.165, 1.54) is 12.1 Å². The summed E-state index contributed by atoms with van der Waals surface area (Å²) >= 11 is 0. The Labute approximate surface area is 222 Å². The van der Waals surface area contributed by atoms with E-state index in [2.05, 4.69) is 22.8 Å². The number of aromatic nitrogens is 2. The monoisotopic (exact) mass is 512 g/mol. The van der Waals surface area contributed by atoms with Gasteiger partial charge in [-0.25, -0.2) is 13.9 Å². The molecule has 6 heteroatoms. The van der Waals surface area contributed by atoms with Crippen molar-refractivity contribution in [2.24, 2.45) is 0 Å². The second kappa shape index (κ2) is 11.7. The molecule has 3 aromatic carbocycles. The summed E-state index contributed by atoms with van der Waals surface area (Å²) in [6.45, 7) is 0.668. The second-order valence-electron chi connectivity index (χ2n) is 8.44. The summed E-state index contributed by atoms with van der Waals surface area (Å²) in [4.78, 5) is 5.09. The van der Waals surface area contributed by atoms with Gasteiger partial charge in [0.15, 0.2) is 18.9 Å². The van der Waals surface area contributed by atoms with Crippen molar-refractivity contribution >= 4 is 0 Å². The van der Waals surface area contributed by atoms with Gasteiger partial charge in [0.05, 0.1) is 25.6 Å². The number of ether oxygens (including phenoxy) is 2. The van der Waals surface area contributed by atoms with Crippen LogP contribution in [0.1, 0.15) is 5.56 Å². The van der Waals surface area contributed by atoms with Crippen LogP contribution in [0.15, 0.2) is 109 Å². The van der Waals surface area contributed by atoms with Gasteiger partial charge in [-0.05, 0) is 72.3 Å². The Bertz CT molecular complexity index is 1450. The summed E-state index contributed by atoms with van der Waals surface area (Å²) in [5, 5.41) is 0. The minimum absolute atomic E-state index is 0. The lowest BCUT2D eigenvalue weighted by Crippen LogP contribution is -3.00. The molecule has 0 spiro atoms. The summed E-state index contributed by atoms with van der Waals surface area (Å²) in [6, 6.07) is 30.8. The zero-order valence-electron chi connectivity index (χ0n) is 20.6. The molecule has 0 unspecified atom stereocenters. The summed E-state index contributed by atoms with van der Waals surface area (Å²) in [5.41, 5.74) is 6.93. The molecule has 0 N–H and O–H groups in total. The molecule has 4 nitrogen and oxygen atoms in total. The van der Waals surface area contributed by atoms with Crippen molar-refractivity contribution in [1.82, 2.24) is 4.98 Å². The molecular weight excluding hydrogens is 487 g/mol. The predicted molar refractivity (Wildman–Crippen MR) is 139 cm³/mol. The molecule has 0 radical (unpaired) electrons. The van der Waals surface area contributed by atoms with Gasteiger partial charge in [0, 0.05) is 34.4 Å². The van der Waals surface area contributed by atoms with Crippen LogP contribution in [0.2, 0.25) is 0 Å². The van der Waals surface area contributed by atoms with Crippen LogP contribution in [-0.4, -0.2) is 19.2 Å². The van der Waals surface area contributed by atoms with Gasteiger partial charge in [-0.15, -0.1) is 0 Å². The first-order valence-corrected chi connectivity index (χ1v) is 11.7. The summed E-state index contributed by atoms with van der Waals surface area (Å²) in [6.07, 6.45) is 4.04. The average molecular weight is 513 g/mol. The van der Waals surface area contributed by atoms with Crippen molar-refractivity contribution in [3.05, 3.63) is 121 Å². The van der Waals surface area contributed by atoms with Crippen molar-refractivity contribution in [3.63, 3.8) is 0 Å². The highest BCUT2D eigenvalue weighted by atomic mass is 35.5. The van der Waals surface area contributed by atoms with E-state index in [1.807, 2.05) is 67.0 Å². The van der Waals surface area contributed by atoms with E-state index in [0.717, 1.165) is 50.7 Å². The molecule has 0 bridgehead atoms. The lowest BCUT2D eigenvalue weighted by molar-refractivity contribution is -0.688. The molecule has 0 atom stereocenters. The normalized spacial score (nSPS) is 10.5. The van der Waals surface area contributed by atoms with Gasteiger partial charge < -0.3 is 21.9 Å². The minimum atomic E-state index is -0.226. The molecule has 2 aromatic heterocycles. The van der Waals surface area contributed by atoms with E-state index in [0.29, 0.717) is 6.54 Å². The van der Waals surface area contributed by atoms with E-state index in [4.69, 9.17) is 14.5 Å². The molecule has 2 heterocycles. The maximum Gasteiger partial charge on any atom is 0.173 e. The SMILES string of the molecule is COc1ccc(-c2ccc(-c3cc[n+](Cc4ccc(F)cc4)cc3)nc2-c2ccc(OC)cc2)cc1.[Cl-]. The van der Waals surface area contributed by atoms with Crippen molar-refractivity contribution in [2.75, 3.05) is 14.2 Å². The Morgan fingerprint density at radius 3 is 1.78 bits per heavy atom. The fourth-order valence-corrected chi connectivity index (χ4v) is 4.13. The maximum absolute atomic E-state index is 13.2. The van der Waals surface area contributed by atoms with Gasteiger partial charge >= 0.3 is 0 Å².